The summed E-state index contributed by atoms with van der Waals surface area (Å²) in [4.78, 5) is 3.90. The number of aromatic nitrogens is 3. The van der Waals surface area contributed by atoms with E-state index in [2.05, 4.69) is 10.1 Å². The zero-order valence-corrected chi connectivity index (χ0v) is 12.3. The van der Waals surface area contributed by atoms with E-state index in [-0.39, 0.29) is 0 Å². The number of hydrogen-bond acceptors (Lipinski definition) is 3. The number of aliphatic hydroxyl groups is 1. The third-order valence-electron chi connectivity index (χ3n) is 3.00. The van der Waals surface area contributed by atoms with Crippen molar-refractivity contribution in [3.05, 3.63) is 45.5 Å². The Hall–Kier alpha value is -1.10. The Bertz CT molecular complexity index is 583. The van der Waals surface area contributed by atoms with Gasteiger partial charge < -0.3 is 5.11 Å². The second kappa shape index (κ2) is 5.90. The quantitative estimate of drug-likeness (QED) is 0.943. The zero-order valence-electron chi connectivity index (χ0n) is 10.8. The van der Waals surface area contributed by atoms with Gasteiger partial charge in [0, 0.05) is 30.9 Å². The molecule has 1 unspecified atom stereocenters. The summed E-state index contributed by atoms with van der Waals surface area (Å²) in [7, 11) is 0. The molecule has 0 radical (unpaired) electrons. The Balaban J connectivity index is 2.29. The Morgan fingerprint density at radius 3 is 2.79 bits per heavy atom. The lowest BCUT2D eigenvalue weighted by atomic mass is 10.1. The lowest BCUT2D eigenvalue weighted by Crippen LogP contribution is -2.09. The van der Waals surface area contributed by atoms with Crippen molar-refractivity contribution in [1.82, 2.24) is 14.8 Å². The predicted molar refractivity (Wildman–Crippen MR) is 75.6 cm³/mol. The van der Waals surface area contributed by atoms with Crippen LogP contribution in [0.25, 0.3) is 0 Å². The first-order valence-electron chi connectivity index (χ1n) is 6.03. The van der Waals surface area contributed by atoms with Crippen molar-refractivity contribution in [2.45, 2.75) is 32.9 Å². The molecule has 0 aliphatic heterocycles. The van der Waals surface area contributed by atoms with E-state index in [0.29, 0.717) is 28.6 Å². The fourth-order valence-corrected chi connectivity index (χ4v) is 2.47. The first-order valence-corrected chi connectivity index (χ1v) is 6.79. The van der Waals surface area contributed by atoms with Crippen LogP contribution in [0.4, 0.5) is 0 Å². The van der Waals surface area contributed by atoms with Crippen molar-refractivity contribution < 1.29 is 5.11 Å². The van der Waals surface area contributed by atoms with Gasteiger partial charge in [-0.05, 0) is 19.9 Å². The molecule has 2 aromatic rings. The molecule has 19 heavy (non-hydrogen) atoms. The standard InChI is InChI=1S/C13H15Cl2N3O/c1-3-18-11(13(15)8(2)17-18)6-12(19)9-4-5-16-7-10(9)14/h4-5,7,12,19H,3,6H2,1-2H3. The molecule has 0 saturated heterocycles. The van der Waals surface area contributed by atoms with E-state index in [4.69, 9.17) is 23.2 Å². The second-order valence-corrected chi connectivity index (χ2v) is 5.06. The summed E-state index contributed by atoms with van der Waals surface area (Å²) < 4.78 is 1.80. The highest BCUT2D eigenvalue weighted by atomic mass is 35.5. The molecule has 2 rings (SSSR count). The highest BCUT2D eigenvalue weighted by molar-refractivity contribution is 6.32. The minimum atomic E-state index is -0.727. The van der Waals surface area contributed by atoms with Crippen LogP contribution in [-0.4, -0.2) is 19.9 Å². The molecule has 2 aromatic heterocycles. The average Bonchev–Trinajstić information content (AvgIpc) is 2.67. The minimum Gasteiger partial charge on any atom is -0.388 e. The summed E-state index contributed by atoms with van der Waals surface area (Å²) in [6.45, 7) is 4.54. The van der Waals surface area contributed by atoms with Crippen molar-refractivity contribution in [2.24, 2.45) is 0 Å². The molecule has 6 heteroatoms. The number of nitrogens with zero attached hydrogens (tertiary/aromatic N) is 3. The average molecular weight is 300 g/mol. The largest absolute Gasteiger partial charge is 0.388 e. The summed E-state index contributed by atoms with van der Waals surface area (Å²) in [6.07, 6.45) is 2.77. The fourth-order valence-electron chi connectivity index (χ4n) is 2.01. The molecule has 0 aliphatic rings. The summed E-state index contributed by atoms with van der Waals surface area (Å²) in [5, 5.41) is 15.7. The van der Waals surface area contributed by atoms with Gasteiger partial charge in [-0.3, -0.25) is 9.67 Å². The zero-order chi connectivity index (χ0) is 14.0. The number of aryl methyl sites for hydroxylation is 2. The molecule has 0 saturated carbocycles. The normalized spacial score (nSPS) is 12.7. The van der Waals surface area contributed by atoms with Crippen LogP contribution in [0.3, 0.4) is 0 Å². The summed E-state index contributed by atoms with van der Waals surface area (Å²) in [5.74, 6) is 0. The summed E-state index contributed by atoms with van der Waals surface area (Å²) in [5.41, 5.74) is 2.24. The third kappa shape index (κ3) is 2.91. The molecule has 0 bridgehead atoms. The number of rotatable bonds is 4. The third-order valence-corrected chi connectivity index (χ3v) is 3.81. The molecule has 102 valence electrons. The monoisotopic (exact) mass is 299 g/mol. The number of halogens is 2. The predicted octanol–water partition coefficient (Wildman–Crippen LogP) is 3.19. The summed E-state index contributed by atoms with van der Waals surface area (Å²) >= 11 is 12.3. The molecule has 1 atom stereocenters. The molecule has 0 amide bonds. The van der Waals surface area contributed by atoms with Crippen molar-refractivity contribution >= 4 is 23.2 Å². The van der Waals surface area contributed by atoms with Crippen LogP contribution in [0.5, 0.6) is 0 Å². The number of pyridine rings is 1. The number of aliphatic hydroxyl groups excluding tert-OH is 1. The first kappa shape index (κ1) is 14.3. The minimum absolute atomic E-state index is 0.372. The van der Waals surface area contributed by atoms with E-state index in [9.17, 15) is 5.11 Å². The van der Waals surface area contributed by atoms with Gasteiger partial charge in [-0.25, -0.2) is 0 Å². The smallest absolute Gasteiger partial charge is 0.0861 e. The maximum atomic E-state index is 10.3. The van der Waals surface area contributed by atoms with Gasteiger partial charge in [0.05, 0.1) is 27.5 Å². The van der Waals surface area contributed by atoms with Crippen LogP contribution in [0.2, 0.25) is 10.0 Å². The Kier molecular flexibility index (Phi) is 4.45. The van der Waals surface area contributed by atoms with Crippen molar-refractivity contribution in [3.63, 3.8) is 0 Å². The lowest BCUT2D eigenvalue weighted by molar-refractivity contribution is 0.175. The molecule has 0 aromatic carbocycles. The molecule has 0 fully saturated rings. The van der Waals surface area contributed by atoms with Gasteiger partial charge in [0.25, 0.3) is 0 Å². The maximum absolute atomic E-state index is 10.3. The molecule has 0 aliphatic carbocycles. The van der Waals surface area contributed by atoms with Crippen molar-refractivity contribution in [3.8, 4) is 0 Å². The van der Waals surface area contributed by atoms with E-state index < -0.39 is 6.10 Å². The van der Waals surface area contributed by atoms with Gasteiger partial charge in [0.15, 0.2) is 0 Å². The van der Waals surface area contributed by atoms with E-state index >= 15 is 0 Å². The van der Waals surface area contributed by atoms with Gasteiger partial charge in [-0.15, -0.1) is 0 Å². The van der Waals surface area contributed by atoms with Crippen LogP contribution < -0.4 is 0 Å². The van der Waals surface area contributed by atoms with Gasteiger partial charge in [0.2, 0.25) is 0 Å². The Morgan fingerprint density at radius 2 is 2.16 bits per heavy atom. The second-order valence-electron chi connectivity index (χ2n) is 4.28. The van der Waals surface area contributed by atoms with Crippen LogP contribution in [0, 0.1) is 6.92 Å². The number of hydrogen-bond donors (Lipinski definition) is 1. The Labute approximate surface area is 122 Å². The van der Waals surface area contributed by atoms with Crippen LogP contribution >= 0.6 is 23.2 Å². The first-order chi connectivity index (χ1) is 9.04. The molecule has 4 nitrogen and oxygen atoms in total. The maximum Gasteiger partial charge on any atom is 0.0861 e. The van der Waals surface area contributed by atoms with Crippen LogP contribution in [0.1, 0.15) is 30.0 Å². The van der Waals surface area contributed by atoms with E-state index in [1.807, 2.05) is 13.8 Å². The molecular formula is C13H15Cl2N3O. The molecule has 1 N–H and O–H groups in total. The molecule has 2 heterocycles. The van der Waals surface area contributed by atoms with Gasteiger partial charge in [-0.1, -0.05) is 23.2 Å². The molecule has 0 spiro atoms. The topological polar surface area (TPSA) is 50.9 Å². The van der Waals surface area contributed by atoms with Gasteiger partial charge in [0.1, 0.15) is 0 Å². The highest BCUT2D eigenvalue weighted by Gasteiger charge is 2.19. The highest BCUT2D eigenvalue weighted by Crippen LogP contribution is 2.28. The SMILES string of the molecule is CCn1nc(C)c(Cl)c1CC(O)c1ccncc1Cl. The fraction of sp³-hybridized carbons (Fsp3) is 0.385. The van der Waals surface area contributed by atoms with E-state index in [1.54, 1.807) is 16.9 Å². The van der Waals surface area contributed by atoms with Crippen molar-refractivity contribution in [1.29, 1.82) is 0 Å². The lowest BCUT2D eigenvalue weighted by Gasteiger charge is -2.13. The van der Waals surface area contributed by atoms with Gasteiger partial charge >= 0.3 is 0 Å². The van der Waals surface area contributed by atoms with Crippen LogP contribution in [0.15, 0.2) is 18.5 Å². The summed E-state index contributed by atoms with van der Waals surface area (Å²) in [6, 6.07) is 1.71. The molecular weight excluding hydrogens is 285 g/mol. The van der Waals surface area contributed by atoms with E-state index in [0.717, 1.165) is 11.4 Å². The van der Waals surface area contributed by atoms with Gasteiger partial charge in [-0.2, -0.15) is 5.10 Å². The Morgan fingerprint density at radius 1 is 1.42 bits per heavy atom. The van der Waals surface area contributed by atoms with Crippen molar-refractivity contribution in [2.75, 3.05) is 0 Å². The van der Waals surface area contributed by atoms with E-state index in [1.165, 1.54) is 6.20 Å². The van der Waals surface area contributed by atoms with Crippen LogP contribution in [-0.2, 0) is 13.0 Å².